The first kappa shape index (κ1) is 25.3. The normalized spacial score (nSPS) is 13.7. The van der Waals surface area contributed by atoms with E-state index in [2.05, 4.69) is 146 Å². The van der Waals surface area contributed by atoms with Gasteiger partial charge in [-0.15, -0.1) is 0 Å². The van der Waals surface area contributed by atoms with Crippen LogP contribution in [0.5, 0.6) is 11.5 Å². The van der Waals surface area contributed by atoms with Crippen molar-refractivity contribution in [2.75, 3.05) is 14.2 Å². The predicted molar refractivity (Wildman–Crippen MR) is 175 cm³/mol. The second kappa shape index (κ2) is 10.4. The first-order valence-corrected chi connectivity index (χ1v) is 15.6. The number of benzene rings is 6. The number of hydrogen-bond acceptors (Lipinski definition) is 2. The zero-order valence-electron chi connectivity index (χ0n) is 23.1. The molecule has 0 aromatic heterocycles. The zero-order valence-corrected chi connectivity index (χ0v) is 24.0. The molecule has 2 nitrogen and oxygen atoms in total. The lowest BCUT2D eigenvalue weighted by molar-refractivity contribution is 0.414. The second-order valence-electron chi connectivity index (χ2n) is 10.2. The highest BCUT2D eigenvalue weighted by atomic mass is 31.2. The Labute approximate surface area is 241 Å². The van der Waals surface area contributed by atoms with Gasteiger partial charge in [0.05, 0.1) is 14.2 Å². The maximum atomic E-state index is 5.60. The fourth-order valence-electron chi connectivity index (χ4n) is 6.35. The van der Waals surface area contributed by atoms with Gasteiger partial charge in [0.25, 0.3) is 0 Å². The quantitative estimate of drug-likeness (QED) is 0.196. The lowest BCUT2D eigenvalue weighted by Gasteiger charge is -2.36. The van der Waals surface area contributed by atoms with Crippen LogP contribution in [0.15, 0.2) is 146 Å². The lowest BCUT2D eigenvalue weighted by atomic mass is 9.91. The van der Waals surface area contributed by atoms with E-state index >= 15 is 0 Å². The highest BCUT2D eigenvalue weighted by molar-refractivity contribution is 8.04. The zero-order chi connectivity index (χ0) is 27.8. The van der Waals surface area contributed by atoms with Crippen molar-refractivity contribution in [3.63, 3.8) is 0 Å². The minimum Gasteiger partial charge on any atom is -0.497 e. The van der Waals surface area contributed by atoms with E-state index in [-0.39, 0.29) is 0 Å². The molecule has 1 aliphatic rings. The van der Waals surface area contributed by atoms with E-state index in [1.54, 1.807) is 14.2 Å². The van der Waals surface area contributed by atoms with Gasteiger partial charge in [-0.3, -0.25) is 0 Å². The molecule has 0 bridgehead atoms. The number of rotatable bonds is 6. The first-order valence-electron chi connectivity index (χ1n) is 13.8. The van der Waals surface area contributed by atoms with Gasteiger partial charge in [0.1, 0.15) is 40.0 Å². The van der Waals surface area contributed by atoms with Gasteiger partial charge in [-0.2, -0.15) is 0 Å². The van der Waals surface area contributed by atoms with Gasteiger partial charge in [-0.25, -0.2) is 0 Å². The summed E-state index contributed by atoms with van der Waals surface area (Å²) in [6.45, 7) is 0. The van der Waals surface area contributed by atoms with E-state index in [0.717, 1.165) is 11.5 Å². The fourth-order valence-corrected chi connectivity index (χ4v) is 11.2. The Balaban J connectivity index is 1.74. The van der Waals surface area contributed by atoms with Gasteiger partial charge >= 0.3 is 0 Å². The summed E-state index contributed by atoms with van der Waals surface area (Å²) in [7, 11) is 1.05. The molecule has 6 aromatic rings. The molecule has 0 saturated heterocycles. The summed E-state index contributed by atoms with van der Waals surface area (Å²) in [4.78, 5) is 0. The summed E-state index contributed by atoms with van der Waals surface area (Å²) in [5, 5.41) is 8.02. The highest BCUT2D eigenvalue weighted by Crippen LogP contribution is 2.71. The van der Waals surface area contributed by atoms with Gasteiger partial charge in [0.2, 0.25) is 0 Å². The van der Waals surface area contributed by atoms with Crippen molar-refractivity contribution < 1.29 is 9.47 Å². The van der Waals surface area contributed by atoms with Crippen LogP contribution in [0.3, 0.4) is 0 Å². The molecule has 7 rings (SSSR count). The third-order valence-electron chi connectivity index (χ3n) is 8.11. The third-order valence-corrected chi connectivity index (χ3v) is 12.5. The number of hydrogen-bond donors (Lipinski definition) is 0. The van der Waals surface area contributed by atoms with Gasteiger partial charge < -0.3 is 9.47 Å². The summed E-state index contributed by atoms with van der Waals surface area (Å²) < 4.78 is 11.2. The largest absolute Gasteiger partial charge is 0.497 e. The van der Waals surface area contributed by atoms with Crippen LogP contribution in [0.2, 0.25) is 0 Å². The minimum absolute atomic E-state index is 0.849. The second-order valence-corrected chi connectivity index (χ2v) is 13.5. The number of methoxy groups -OCH3 is 2. The van der Waals surface area contributed by atoms with Crippen LogP contribution >= 0.6 is 7.26 Å². The summed E-state index contributed by atoms with van der Waals surface area (Å²) in [5.41, 5.74) is 4.90. The Morgan fingerprint density at radius 1 is 0.463 bits per heavy atom. The van der Waals surface area contributed by atoms with Crippen LogP contribution in [0.1, 0.15) is 16.7 Å². The van der Waals surface area contributed by atoms with Crippen LogP contribution in [0.4, 0.5) is 0 Å². The van der Waals surface area contributed by atoms with Gasteiger partial charge in [0.15, 0.2) is 0 Å². The Hall–Kier alpha value is -4.65. The molecule has 0 aliphatic carbocycles. The molecule has 0 fully saturated rings. The van der Waals surface area contributed by atoms with Gasteiger partial charge in [-0.05, 0) is 83.2 Å². The van der Waals surface area contributed by atoms with Crippen LogP contribution < -0.4 is 25.4 Å². The molecule has 1 heterocycles. The van der Waals surface area contributed by atoms with Crippen LogP contribution in [-0.2, 0) is 0 Å². The van der Waals surface area contributed by atoms with E-state index in [9.17, 15) is 0 Å². The smallest absolute Gasteiger partial charge is 0.146 e. The first-order chi connectivity index (χ1) is 20.3. The average Bonchev–Trinajstić information content (AvgIpc) is 3.06. The van der Waals surface area contributed by atoms with Crippen LogP contribution in [-0.4, -0.2) is 14.2 Å². The van der Waals surface area contributed by atoms with Gasteiger partial charge in [0, 0.05) is 16.5 Å². The van der Waals surface area contributed by atoms with Crippen molar-refractivity contribution in [1.29, 1.82) is 0 Å². The van der Waals surface area contributed by atoms with E-state index in [1.165, 1.54) is 54.3 Å². The molecule has 0 atom stereocenters. The van der Waals surface area contributed by atoms with E-state index in [0.29, 0.717) is 0 Å². The molecule has 0 saturated carbocycles. The topological polar surface area (TPSA) is 18.5 Å². The summed E-state index contributed by atoms with van der Waals surface area (Å²) in [6, 6.07) is 53.0. The van der Waals surface area contributed by atoms with Crippen molar-refractivity contribution in [1.82, 2.24) is 0 Å². The molecule has 6 aromatic carbocycles. The molecule has 1 aliphatic heterocycles. The highest BCUT2D eigenvalue weighted by Gasteiger charge is 2.55. The van der Waals surface area contributed by atoms with Gasteiger partial charge in [-0.1, -0.05) is 78.9 Å². The Morgan fingerprint density at radius 2 is 0.976 bits per heavy atom. The van der Waals surface area contributed by atoms with Crippen molar-refractivity contribution >= 4 is 44.8 Å². The Bertz CT molecular complexity index is 1830. The van der Waals surface area contributed by atoms with E-state index < -0.39 is 7.26 Å². The third kappa shape index (κ3) is 3.98. The molecular weight excluding hydrogens is 519 g/mol. The molecule has 0 N–H and O–H groups in total. The maximum absolute atomic E-state index is 5.60. The molecule has 0 spiro atoms. The Kier molecular flexibility index (Phi) is 6.42. The van der Waals surface area contributed by atoms with Crippen LogP contribution in [0, 0.1) is 0 Å². The predicted octanol–water partition coefficient (Wildman–Crippen LogP) is 8.08. The van der Waals surface area contributed by atoms with Crippen LogP contribution in [0.25, 0.3) is 21.7 Å². The summed E-state index contributed by atoms with van der Waals surface area (Å²) in [6.07, 6.45) is 0. The van der Waals surface area contributed by atoms with Crippen molar-refractivity contribution in [2.24, 2.45) is 0 Å². The molecule has 3 heteroatoms. The molecule has 41 heavy (non-hydrogen) atoms. The molecular formula is C38H30O2P+. The maximum Gasteiger partial charge on any atom is 0.146 e. The molecule has 0 unspecified atom stereocenters. The number of ether oxygens (including phenoxy) is 2. The van der Waals surface area contributed by atoms with Crippen molar-refractivity contribution in [2.45, 2.75) is 0 Å². The van der Waals surface area contributed by atoms with E-state index in [4.69, 9.17) is 9.47 Å². The lowest BCUT2D eigenvalue weighted by Crippen LogP contribution is -2.35. The summed E-state index contributed by atoms with van der Waals surface area (Å²) >= 11 is 0. The standard InChI is InChI=1S/C38H30O2P/c1-39-30-23-19-28(20-24-30)37-34-17-9-11-27-12-10-18-35(36(27)34)41(32-13-5-3-6-14-32,33-15-7-4-8-16-33)38(37)29-21-25-31(40-2)26-22-29/h3-26H,1-2H3/q+1. The van der Waals surface area contributed by atoms with Crippen molar-refractivity contribution in [3.8, 4) is 11.5 Å². The minimum atomic E-state index is -2.39. The SMILES string of the molecule is COc1ccc(C2=C(c3ccc(OC)cc3)[P+](c3ccccc3)(c3ccccc3)c3cccc4cccc2c34)cc1. The molecule has 0 radical (unpaired) electrons. The molecule has 198 valence electrons. The van der Waals surface area contributed by atoms with Crippen molar-refractivity contribution in [3.05, 3.63) is 162 Å². The fraction of sp³-hybridized carbons (Fsp3) is 0.0526. The monoisotopic (exact) mass is 549 g/mol. The molecule has 0 amide bonds. The average molecular weight is 550 g/mol. The summed E-state index contributed by atoms with van der Waals surface area (Å²) in [5.74, 6) is 1.70. The van der Waals surface area contributed by atoms with E-state index in [1.807, 2.05) is 0 Å². The Morgan fingerprint density at radius 3 is 1.51 bits per heavy atom.